The van der Waals surface area contributed by atoms with Crippen LogP contribution in [0.4, 0.5) is 0 Å². The molecule has 0 saturated carbocycles. The maximum atomic E-state index is 9.96. The molecule has 0 unspecified atom stereocenters. The highest BCUT2D eigenvalue weighted by Gasteiger charge is 2.13. The van der Waals surface area contributed by atoms with Gasteiger partial charge in [0.05, 0.1) is 12.2 Å². The van der Waals surface area contributed by atoms with Gasteiger partial charge in [-0.15, -0.1) is 0 Å². The van der Waals surface area contributed by atoms with E-state index in [2.05, 4.69) is 4.90 Å². The monoisotopic (exact) mass is 261 g/mol. The lowest BCUT2D eigenvalue weighted by Crippen LogP contribution is -2.35. The van der Waals surface area contributed by atoms with E-state index in [1.54, 1.807) is 12.2 Å². The lowest BCUT2D eigenvalue weighted by Gasteiger charge is -2.27. The number of hydrogen-bond donors (Lipinski definition) is 2. The maximum Gasteiger partial charge on any atom is 0.0972 e. The highest BCUT2D eigenvalue weighted by atomic mass is 16.3. The number of likely N-dealkylation sites (tertiary alicyclic amines) is 1. The molecule has 19 heavy (non-hydrogen) atoms. The van der Waals surface area contributed by atoms with Gasteiger partial charge in [-0.25, -0.2) is 0 Å². The van der Waals surface area contributed by atoms with Gasteiger partial charge in [0.15, 0.2) is 0 Å². The fraction of sp³-hybridized carbons (Fsp3) is 0.500. The van der Waals surface area contributed by atoms with Gasteiger partial charge in [0, 0.05) is 6.54 Å². The van der Waals surface area contributed by atoms with E-state index in [0.29, 0.717) is 6.54 Å². The Morgan fingerprint density at radius 1 is 1.00 bits per heavy atom. The average molecular weight is 261 g/mol. The molecule has 2 N–H and O–H groups in total. The highest BCUT2D eigenvalue weighted by Crippen LogP contribution is 2.14. The summed E-state index contributed by atoms with van der Waals surface area (Å²) >= 11 is 0. The smallest absolute Gasteiger partial charge is 0.0972 e. The summed E-state index contributed by atoms with van der Waals surface area (Å²) in [5, 5.41) is 19.9. The van der Waals surface area contributed by atoms with Crippen LogP contribution in [-0.4, -0.2) is 40.9 Å². The first-order chi connectivity index (χ1) is 9.25. The zero-order valence-electron chi connectivity index (χ0n) is 11.3. The molecule has 0 amide bonds. The Bertz CT molecular complexity index is 385. The quantitative estimate of drug-likeness (QED) is 0.798. The molecular formula is C16H23NO2. The van der Waals surface area contributed by atoms with E-state index in [9.17, 15) is 10.2 Å². The largest absolute Gasteiger partial charge is 0.388 e. The van der Waals surface area contributed by atoms with E-state index in [1.165, 1.54) is 19.3 Å². The number of benzene rings is 1. The number of aliphatic hydroxyl groups is 2. The van der Waals surface area contributed by atoms with Crippen molar-refractivity contribution in [1.29, 1.82) is 0 Å². The molecule has 0 spiro atoms. The van der Waals surface area contributed by atoms with Gasteiger partial charge >= 0.3 is 0 Å². The summed E-state index contributed by atoms with van der Waals surface area (Å²) in [5.74, 6) is 0. The van der Waals surface area contributed by atoms with Crippen LogP contribution in [0.3, 0.4) is 0 Å². The molecule has 2 atom stereocenters. The lowest BCUT2D eigenvalue weighted by molar-refractivity contribution is 0.130. The fourth-order valence-corrected chi connectivity index (χ4v) is 2.46. The van der Waals surface area contributed by atoms with Crippen LogP contribution >= 0.6 is 0 Å². The minimum Gasteiger partial charge on any atom is -0.388 e. The molecule has 1 aromatic rings. The standard InChI is InChI=1S/C16H23NO2/c18-15(13-17-11-5-2-6-12-17)9-10-16(19)14-7-3-1-4-8-14/h1,3-4,7-10,15-16,18-19H,2,5-6,11-13H2/t15-,16+/m0/s1. The van der Waals surface area contributed by atoms with Crippen molar-refractivity contribution in [3.05, 3.63) is 48.0 Å². The van der Waals surface area contributed by atoms with Gasteiger partial charge in [-0.2, -0.15) is 0 Å². The Morgan fingerprint density at radius 3 is 2.37 bits per heavy atom. The second kappa shape index (κ2) is 7.43. The summed E-state index contributed by atoms with van der Waals surface area (Å²) in [6, 6.07) is 9.48. The molecule has 3 nitrogen and oxygen atoms in total. The van der Waals surface area contributed by atoms with Crippen molar-refractivity contribution in [3.63, 3.8) is 0 Å². The Morgan fingerprint density at radius 2 is 1.68 bits per heavy atom. The summed E-state index contributed by atoms with van der Waals surface area (Å²) in [7, 11) is 0. The van der Waals surface area contributed by atoms with Gasteiger partial charge in [0.25, 0.3) is 0 Å². The Balaban J connectivity index is 1.80. The van der Waals surface area contributed by atoms with E-state index in [4.69, 9.17) is 0 Å². The summed E-state index contributed by atoms with van der Waals surface area (Å²) < 4.78 is 0. The molecular weight excluding hydrogens is 238 g/mol. The van der Waals surface area contributed by atoms with E-state index in [1.807, 2.05) is 30.3 Å². The molecule has 104 valence electrons. The first-order valence-electron chi connectivity index (χ1n) is 7.07. The van der Waals surface area contributed by atoms with Crippen LogP contribution in [0.15, 0.2) is 42.5 Å². The van der Waals surface area contributed by atoms with Gasteiger partial charge in [0.1, 0.15) is 0 Å². The van der Waals surface area contributed by atoms with Crippen molar-refractivity contribution in [2.75, 3.05) is 19.6 Å². The third-order valence-electron chi connectivity index (χ3n) is 3.55. The fourth-order valence-electron chi connectivity index (χ4n) is 2.46. The lowest BCUT2D eigenvalue weighted by atomic mass is 10.1. The van der Waals surface area contributed by atoms with Crippen LogP contribution in [0.2, 0.25) is 0 Å². The van der Waals surface area contributed by atoms with Gasteiger partial charge in [0.2, 0.25) is 0 Å². The summed E-state index contributed by atoms with van der Waals surface area (Å²) in [5.41, 5.74) is 0.851. The van der Waals surface area contributed by atoms with Crippen molar-refractivity contribution < 1.29 is 10.2 Å². The Hall–Kier alpha value is -1.16. The molecule has 1 aromatic carbocycles. The molecule has 1 fully saturated rings. The van der Waals surface area contributed by atoms with Crippen LogP contribution in [0, 0.1) is 0 Å². The van der Waals surface area contributed by atoms with Crippen LogP contribution < -0.4 is 0 Å². The zero-order valence-corrected chi connectivity index (χ0v) is 11.3. The van der Waals surface area contributed by atoms with Crippen molar-refractivity contribution >= 4 is 0 Å². The molecule has 0 aromatic heterocycles. The van der Waals surface area contributed by atoms with Gasteiger partial charge in [-0.1, -0.05) is 48.9 Å². The van der Waals surface area contributed by atoms with E-state index in [-0.39, 0.29) is 0 Å². The molecule has 1 aliphatic heterocycles. The minimum atomic E-state index is -0.641. The van der Waals surface area contributed by atoms with Crippen LogP contribution in [0.25, 0.3) is 0 Å². The van der Waals surface area contributed by atoms with Gasteiger partial charge in [-0.05, 0) is 31.5 Å². The first kappa shape index (κ1) is 14.3. The minimum absolute atomic E-state index is 0.503. The maximum absolute atomic E-state index is 9.96. The van der Waals surface area contributed by atoms with Crippen LogP contribution in [0.1, 0.15) is 30.9 Å². The Kier molecular flexibility index (Phi) is 5.58. The first-order valence-corrected chi connectivity index (χ1v) is 7.07. The molecule has 0 bridgehead atoms. The van der Waals surface area contributed by atoms with E-state index >= 15 is 0 Å². The SMILES string of the molecule is O[C@H](C=C[C@H](O)CN1CCCCC1)c1ccccc1. The van der Waals surface area contributed by atoms with E-state index in [0.717, 1.165) is 18.7 Å². The van der Waals surface area contributed by atoms with Crippen molar-refractivity contribution in [3.8, 4) is 0 Å². The zero-order chi connectivity index (χ0) is 13.5. The third kappa shape index (κ3) is 4.78. The second-order valence-corrected chi connectivity index (χ2v) is 5.17. The molecule has 0 radical (unpaired) electrons. The Labute approximate surface area is 115 Å². The second-order valence-electron chi connectivity index (χ2n) is 5.17. The number of nitrogens with zero attached hydrogens (tertiary/aromatic N) is 1. The summed E-state index contributed by atoms with van der Waals surface area (Å²) in [6.07, 6.45) is 5.98. The summed E-state index contributed by atoms with van der Waals surface area (Å²) in [4.78, 5) is 2.29. The molecule has 2 rings (SSSR count). The summed E-state index contributed by atoms with van der Waals surface area (Å²) in [6.45, 7) is 2.82. The van der Waals surface area contributed by atoms with Crippen LogP contribution in [0.5, 0.6) is 0 Å². The van der Waals surface area contributed by atoms with E-state index < -0.39 is 12.2 Å². The number of aliphatic hydroxyl groups excluding tert-OH is 2. The number of piperidine rings is 1. The predicted octanol–water partition coefficient (Wildman–Crippen LogP) is 2.12. The predicted molar refractivity (Wildman–Crippen MR) is 76.8 cm³/mol. The van der Waals surface area contributed by atoms with Crippen molar-refractivity contribution in [2.24, 2.45) is 0 Å². The molecule has 1 aliphatic rings. The molecule has 0 aliphatic carbocycles. The van der Waals surface area contributed by atoms with Crippen molar-refractivity contribution in [2.45, 2.75) is 31.5 Å². The van der Waals surface area contributed by atoms with Crippen molar-refractivity contribution in [1.82, 2.24) is 4.90 Å². The number of β-amino-alcohol motifs (C(OH)–C–C–N with tert-alkyl or cyclic N) is 1. The molecule has 3 heteroatoms. The normalized spacial score (nSPS) is 20.5. The number of rotatable bonds is 5. The highest BCUT2D eigenvalue weighted by molar-refractivity contribution is 5.21. The van der Waals surface area contributed by atoms with Gasteiger partial charge < -0.3 is 15.1 Å². The molecule has 1 saturated heterocycles. The van der Waals surface area contributed by atoms with Crippen LogP contribution in [-0.2, 0) is 0 Å². The average Bonchev–Trinajstić information content (AvgIpc) is 2.47. The third-order valence-corrected chi connectivity index (χ3v) is 3.55. The number of hydrogen-bond acceptors (Lipinski definition) is 3. The molecule has 1 heterocycles. The topological polar surface area (TPSA) is 43.7 Å². The van der Waals surface area contributed by atoms with Gasteiger partial charge in [-0.3, -0.25) is 0 Å².